The molecule has 168 valence electrons. The minimum absolute atomic E-state index is 0.0463. The number of aliphatic imine (C=N–C) groups is 1. The maximum Gasteiger partial charge on any atom is 0.243 e. The Kier molecular flexibility index (Phi) is 9.52. The summed E-state index contributed by atoms with van der Waals surface area (Å²) >= 11 is 0. The second-order valence-electron chi connectivity index (χ2n) is 7.03. The van der Waals surface area contributed by atoms with Crippen LogP contribution in [0.3, 0.4) is 0 Å². The number of nitrogens with two attached hydrogens (primary N) is 3. The molecule has 1 unspecified atom stereocenters. The van der Waals surface area contributed by atoms with Crippen LogP contribution < -0.4 is 38.5 Å². The van der Waals surface area contributed by atoms with E-state index in [1.54, 1.807) is 0 Å². The molecule has 1 rings (SSSR count). The molecule has 4 atom stereocenters. The van der Waals surface area contributed by atoms with Gasteiger partial charge >= 0.3 is 0 Å². The summed E-state index contributed by atoms with van der Waals surface area (Å²) in [6.07, 6.45) is 0.387. The molecule has 5 amide bonds. The van der Waals surface area contributed by atoms with Gasteiger partial charge in [0.2, 0.25) is 29.5 Å². The van der Waals surface area contributed by atoms with Crippen molar-refractivity contribution in [3.8, 4) is 0 Å². The van der Waals surface area contributed by atoms with Crippen molar-refractivity contribution in [3.05, 3.63) is 0 Å². The monoisotopic (exact) mass is 426 g/mol. The zero-order valence-electron chi connectivity index (χ0n) is 17.1. The Balaban J connectivity index is 3.01. The van der Waals surface area contributed by atoms with Crippen molar-refractivity contribution < 1.29 is 24.0 Å². The van der Waals surface area contributed by atoms with E-state index in [2.05, 4.69) is 26.3 Å². The highest BCUT2D eigenvalue weighted by molar-refractivity contribution is 5.95. The molecule has 30 heavy (non-hydrogen) atoms. The summed E-state index contributed by atoms with van der Waals surface area (Å²) in [5.41, 5.74) is 15.8. The Labute approximate surface area is 173 Å². The maximum absolute atomic E-state index is 12.6. The first-order valence-corrected chi connectivity index (χ1v) is 9.56. The topological polar surface area (TPSA) is 224 Å². The number of nitrogens with zero attached hydrogens (tertiary/aromatic N) is 1. The van der Waals surface area contributed by atoms with Crippen molar-refractivity contribution in [1.82, 2.24) is 21.3 Å². The molecule has 0 aromatic rings. The molecule has 10 N–H and O–H groups in total. The smallest absolute Gasteiger partial charge is 0.243 e. The Morgan fingerprint density at radius 2 is 1.53 bits per heavy atom. The summed E-state index contributed by atoms with van der Waals surface area (Å²) in [6, 6.07) is -4.01. The molecule has 0 radical (unpaired) electrons. The molecule has 0 spiro atoms. The van der Waals surface area contributed by atoms with E-state index >= 15 is 0 Å². The summed E-state index contributed by atoms with van der Waals surface area (Å²) in [5.74, 6) is -3.25. The first kappa shape index (κ1) is 24.7. The molecule has 1 saturated heterocycles. The van der Waals surface area contributed by atoms with Crippen molar-refractivity contribution in [3.63, 3.8) is 0 Å². The Hall–Kier alpha value is -3.38. The molecule has 13 heteroatoms. The van der Waals surface area contributed by atoms with E-state index < -0.39 is 53.7 Å². The van der Waals surface area contributed by atoms with E-state index in [-0.39, 0.29) is 31.8 Å². The van der Waals surface area contributed by atoms with Gasteiger partial charge in [0.05, 0.1) is 0 Å². The molecule has 1 fully saturated rings. The fraction of sp³-hybridized carbons (Fsp3) is 0.647. The number of hydrogen-bond acceptors (Lipinski definition) is 6. The van der Waals surface area contributed by atoms with Gasteiger partial charge in [-0.3, -0.25) is 29.0 Å². The fourth-order valence-corrected chi connectivity index (χ4v) is 2.69. The molecule has 0 bridgehead atoms. The van der Waals surface area contributed by atoms with Crippen LogP contribution in [-0.4, -0.2) is 66.2 Å². The first-order chi connectivity index (χ1) is 14.0. The van der Waals surface area contributed by atoms with Gasteiger partial charge in [0, 0.05) is 13.0 Å². The van der Waals surface area contributed by atoms with Gasteiger partial charge in [0.25, 0.3) is 0 Å². The SMILES string of the molecule is C[C@@H]1NC(=O)CC[C@@H](C(N)=O)NC(=O)[C@H](C)NC(=O)C(CCCN=C(N)N)NC1=O. The lowest BCUT2D eigenvalue weighted by Crippen LogP contribution is -2.57. The lowest BCUT2D eigenvalue weighted by molar-refractivity contribution is -0.134. The van der Waals surface area contributed by atoms with Gasteiger partial charge in [-0.1, -0.05) is 0 Å². The first-order valence-electron chi connectivity index (χ1n) is 9.56. The van der Waals surface area contributed by atoms with E-state index in [1.165, 1.54) is 13.8 Å². The number of amides is 5. The van der Waals surface area contributed by atoms with Crippen LogP contribution in [0.25, 0.3) is 0 Å². The number of rotatable bonds is 5. The third kappa shape index (κ3) is 8.32. The summed E-state index contributed by atoms with van der Waals surface area (Å²) < 4.78 is 0. The number of hydrogen-bond donors (Lipinski definition) is 7. The highest BCUT2D eigenvalue weighted by Crippen LogP contribution is 2.04. The molecule has 0 saturated carbocycles. The Morgan fingerprint density at radius 3 is 2.13 bits per heavy atom. The average molecular weight is 426 g/mol. The van der Waals surface area contributed by atoms with Crippen molar-refractivity contribution in [2.45, 2.75) is 63.7 Å². The second-order valence-corrected chi connectivity index (χ2v) is 7.03. The lowest BCUT2D eigenvalue weighted by Gasteiger charge is -2.25. The van der Waals surface area contributed by atoms with Gasteiger partial charge < -0.3 is 38.5 Å². The van der Waals surface area contributed by atoms with Gasteiger partial charge in [0.15, 0.2) is 5.96 Å². The molecule has 0 aromatic carbocycles. The van der Waals surface area contributed by atoms with Gasteiger partial charge in [-0.15, -0.1) is 0 Å². The standard InChI is InChI=1S/C17H30N8O5/c1-8-14(28)25-11(4-3-7-21-17(19)20)16(30)23-9(2)15(29)24-10(13(18)27)5-6-12(26)22-8/h8-11H,3-7H2,1-2H3,(H2,18,27)(H,22,26)(H,23,30)(H,24,29)(H,25,28)(H4,19,20,21)/t8-,9-,10-,11?/m0/s1. The summed E-state index contributed by atoms with van der Waals surface area (Å²) in [5, 5.41) is 9.95. The summed E-state index contributed by atoms with van der Waals surface area (Å²) in [4.78, 5) is 64.8. The van der Waals surface area contributed by atoms with Gasteiger partial charge in [0.1, 0.15) is 24.2 Å². The molecule has 1 aliphatic rings. The molecule has 13 nitrogen and oxygen atoms in total. The van der Waals surface area contributed by atoms with Crippen LogP contribution in [0.4, 0.5) is 0 Å². The molecule has 1 aliphatic heterocycles. The third-order valence-electron chi connectivity index (χ3n) is 4.42. The van der Waals surface area contributed by atoms with Crippen molar-refractivity contribution in [2.75, 3.05) is 6.54 Å². The van der Waals surface area contributed by atoms with E-state index in [0.717, 1.165) is 0 Å². The number of nitrogens with one attached hydrogen (secondary N) is 4. The van der Waals surface area contributed by atoms with Crippen molar-refractivity contribution >= 4 is 35.5 Å². The normalized spacial score (nSPS) is 26.3. The van der Waals surface area contributed by atoms with Crippen molar-refractivity contribution in [1.29, 1.82) is 0 Å². The van der Waals surface area contributed by atoms with Gasteiger partial charge in [-0.25, -0.2) is 0 Å². The Bertz CT molecular complexity index is 706. The number of carbonyl (C=O) groups excluding carboxylic acids is 5. The van der Waals surface area contributed by atoms with E-state index in [9.17, 15) is 24.0 Å². The fourth-order valence-electron chi connectivity index (χ4n) is 2.69. The van der Waals surface area contributed by atoms with Gasteiger partial charge in [-0.2, -0.15) is 0 Å². The quantitative estimate of drug-likeness (QED) is 0.132. The minimum atomic E-state index is -1.09. The highest BCUT2D eigenvalue weighted by atomic mass is 16.2. The number of carbonyl (C=O) groups is 5. The van der Waals surface area contributed by atoms with Crippen LogP contribution in [0.15, 0.2) is 4.99 Å². The lowest BCUT2D eigenvalue weighted by atomic mass is 10.1. The highest BCUT2D eigenvalue weighted by Gasteiger charge is 2.29. The predicted octanol–water partition coefficient (Wildman–Crippen LogP) is -3.70. The van der Waals surface area contributed by atoms with Crippen LogP contribution in [0.2, 0.25) is 0 Å². The van der Waals surface area contributed by atoms with Crippen molar-refractivity contribution in [2.24, 2.45) is 22.2 Å². The zero-order chi connectivity index (χ0) is 22.8. The number of primary amides is 1. The summed E-state index contributed by atoms with van der Waals surface area (Å²) in [6.45, 7) is 3.12. The van der Waals surface area contributed by atoms with Crippen LogP contribution in [-0.2, 0) is 24.0 Å². The molecular weight excluding hydrogens is 396 g/mol. The van der Waals surface area contributed by atoms with Crippen LogP contribution in [0.5, 0.6) is 0 Å². The summed E-state index contributed by atoms with van der Waals surface area (Å²) in [7, 11) is 0. The van der Waals surface area contributed by atoms with Gasteiger partial charge in [-0.05, 0) is 33.1 Å². The van der Waals surface area contributed by atoms with Crippen LogP contribution >= 0.6 is 0 Å². The maximum atomic E-state index is 12.6. The second kappa shape index (κ2) is 11.6. The minimum Gasteiger partial charge on any atom is -0.370 e. The molecule has 0 aliphatic carbocycles. The average Bonchev–Trinajstić information content (AvgIpc) is 2.65. The largest absolute Gasteiger partial charge is 0.370 e. The zero-order valence-corrected chi connectivity index (χ0v) is 17.1. The van der Waals surface area contributed by atoms with Crippen LogP contribution in [0, 0.1) is 0 Å². The Morgan fingerprint density at radius 1 is 0.933 bits per heavy atom. The molecular formula is C17H30N8O5. The molecule has 0 aromatic heterocycles. The van der Waals surface area contributed by atoms with Crippen LogP contribution in [0.1, 0.15) is 39.5 Å². The molecule has 1 heterocycles. The van der Waals surface area contributed by atoms with E-state index in [4.69, 9.17) is 17.2 Å². The van der Waals surface area contributed by atoms with E-state index in [0.29, 0.717) is 6.42 Å². The number of guanidine groups is 1. The van der Waals surface area contributed by atoms with E-state index in [1.807, 2.05) is 0 Å². The third-order valence-corrected chi connectivity index (χ3v) is 4.42. The predicted molar refractivity (Wildman–Crippen MR) is 107 cm³/mol.